The molecular weight excluding hydrogens is 249 g/mol. The lowest BCUT2D eigenvalue weighted by atomic mass is 9.73. The molecule has 1 aliphatic carbocycles. The topological polar surface area (TPSA) is 66.4 Å². The van der Waals surface area contributed by atoms with Crippen molar-refractivity contribution in [3.8, 4) is 0 Å². The fourth-order valence-corrected chi connectivity index (χ4v) is 2.26. The SMILES string of the molecule is O=C(O)C1CCC1C(=O)NCCc1ccccc1F. The molecule has 0 heterocycles. The van der Waals surface area contributed by atoms with Crippen molar-refractivity contribution in [1.82, 2.24) is 5.32 Å². The number of hydrogen-bond acceptors (Lipinski definition) is 2. The quantitative estimate of drug-likeness (QED) is 0.849. The highest BCUT2D eigenvalue weighted by Crippen LogP contribution is 2.34. The zero-order valence-corrected chi connectivity index (χ0v) is 10.4. The van der Waals surface area contributed by atoms with Gasteiger partial charge in [-0.25, -0.2) is 4.39 Å². The maximum absolute atomic E-state index is 13.3. The fourth-order valence-electron chi connectivity index (χ4n) is 2.26. The number of aliphatic carboxylic acids is 1. The van der Waals surface area contributed by atoms with Gasteiger partial charge in [-0.2, -0.15) is 0 Å². The van der Waals surface area contributed by atoms with Gasteiger partial charge in [0.15, 0.2) is 0 Å². The minimum Gasteiger partial charge on any atom is -0.481 e. The zero-order chi connectivity index (χ0) is 13.8. The molecule has 0 aromatic heterocycles. The summed E-state index contributed by atoms with van der Waals surface area (Å²) in [7, 11) is 0. The first-order chi connectivity index (χ1) is 9.09. The largest absolute Gasteiger partial charge is 0.481 e. The van der Waals surface area contributed by atoms with Gasteiger partial charge >= 0.3 is 5.97 Å². The summed E-state index contributed by atoms with van der Waals surface area (Å²) in [5.74, 6) is -2.44. The van der Waals surface area contributed by atoms with Crippen LogP contribution in [0.15, 0.2) is 24.3 Å². The van der Waals surface area contributed by atoms with E-state index in [1.54, 1.807) is 18.2 Å². The van der Waals surface area contributed by atoms with E-state index >= 15 is 0 Å². The Morgan fingerprint density at radius 2 is 1.95 bits per heavy atom. The number of hydrogen-bond donors (Lipinski definition) is 2. The molecule has 0 radical (unpaired) electrons. The van der Waals surface area contributed by atoms with Gasteiger partial charge in [0.2, 0.25) is 5.91 Å². The summed E-state index contributed by atoms with van der Waals surface area (Å²) < 4.78 is 13.3. The second kappa shape index (κ2) is 5.82. The van der Waals surface area contributed by atoms with Crippen molar-refractivity contribution in [3.63, 3.8) is 0 Å². The third-order valence-electron chi connectivity index (χ3n) is 3.58. The van der Waals surface area contributed by atoms with Crippen molar-refractivity contribution in [3.05, 3.63) is 35.6 Å². The van der Waals surface area contributed by atoms with E-state index in [0.29, 0.717) is 31.4 Å². The first kappa shape index (κ1) is 13.5. The van der Waals surface area contributed by atoms with Gasteiger partial charge in [0.1, 0.15) is 5.82 Å². The number of amides is 1. The Hall–Kier alpha value is -1.91. The molecule has 1 fully saturated rings. The highest BCUT2D eigenvalue weighted by atomic mass is 19.1. The van der Waals surface area contributed by atoms with Gasteiger partial charge in [-0.3, -0.25) is 9.59 Å². The Morgan fingerprint density at radius 1 is 1.26 bits per heavy atom. The molecule has 0 aliphatic heterocycles. The lowest BCUT2D eigenvalue weighted by molar-refractivity contribution is -0.152. The van der Waals surface area contributed by atoms with Gasteiger partial charge in [0.05, 0.1) is 11.8 Å². The molecule has 0 spiro atoms. The van der Waals surface area contributed by atoms with Crippen LogP contribution in [-0.4, -0.2) is 23.5 Å². The molecule has 1 aromatic carbocycles. The van der Waals surface area contributed by atoms with E-state index in [4.69, 9.17) is 5.11 Å². The van der Waals surface area contributed by atoms with Crippen LogP contribution in [0.1, 0.15) is 18.4 Å². The Kier molecular flexibility index (Phi) is 4.14. The van der Waals surface area contributed by atoms with Crippen LogP contribution in [0.2, 0.25) is 0 Å². The number of carboxylic acid groups (broad SMARTS) is 1. The van der Waals surface area contributed by atoms with Gasteiger partial charge in [0, 0.05) is 6.54 Å². The van der Waals surface area contributed by atoms with Crippen LogP contribution in [0, 0.1) is 17.7 Å². The Bertz CT molecular complexity index is 489. The maximum atomic E-state index is 13.3. The average Bonchev–Trinajstić information content (AvgIpc) is 2.29. The summed E-state index contributed by atoms with van der Waals surface area (Å²) in [6, 6.07) is 6.41. The number of benzene rings is 1. The number of carboxylic acids is 1. The highest BCUT2D eigenvalue weighted by Gasteiger charge is 2.41. The third kappa shape index (κ3) is 3.10. The molecule has 2 rings (SSSR count). The van der Waals surface area contributed by atoms with E-state index in [-0.39, 0.29) is 11.7 Å². The summed E-state index contributed by atoms with van der Waals surface area (Å²) in [6.45, 7) is 0.322. The molecule has 0 saturated heterocycles. The number of halogens is 1. The number of carbonyl (C=O) groups excluding carboxylic acids is 1. The number of nitrogens with one attached hydrogen (secondary N) is 1. The van der Waals surface area contributed by atoms with Crippen molar-refractivity contribution in [2.75, 3.05) is 6.54 Å². The highest BCUT2D eigenvalue weighted by molar-refractivity contribution is 5.86. The molecule has 102 valence electrons. The molecule has 4 nitrogen and oxygen atoms in total. The average molecular weight is 265 g/mol. The minimum atomic E-state index is -0.916. The lowest BCUT2D eigenvalue weighted by Gasteiger charge is -2.31. The summed E-state index contributed by atoms with van der Waals surface area (Å²) >= 11 is 0. The predicted molar refractivity (Wildman–Crippen MR) is 67.0 cm³/mol. The van der Waals surface area contributed by atoms with Gasteiger partial charge in [-0.15, -0.1) is 0 Å². The Morgan fingerprint density at radius 3 is 2.53 bits per heavy atom. The van der Waals surface area contributed by atoms with E-state index < -0.39 is 17.8 Å². The Labute approximate surface area is 110 Å². The minimum absolute atomic E-state index is 0.241. The van der Waals surface area contributed by atoms with E-state index in [9.17, 15) is 14.0 Å². The smallest absolute Gasteiger partial charge is 0.307 e. The van der Waals surface area contributed by atoms with Crippen molar-refractivity contribution >= 4 is 11.9 Å². The van der Waals surface area contributed by atoms with E-state index in [2.05, 4.69) is 5.32 Å². The second-order valence-electron chi connectivity index (χ2n) is 4.76. The van der Waals surface area contributed by atoms with Crippen molar-refractivity contribution in [1.29, 1.82) is 0 Å². The van der Waals surface area contributed by atoms with Gasteiger partial charge in [-0.05, 0) is 30.9 Å². The van der Waals surface area contributed by atoms with E-state index in [1.807, 2.05) is 0 Å². The second-order valence-corrected chi connectivity index (χ2v) is 4.76. The van der Waals surface area contributed by atoms with Crippen LogP contribution in [0.4, 0.5) is 4.39 Å². The fraction of sp³-hybridized carbons (Fsp3) is 0.429. The number of carbonyl (C=O) groups is 2. The molecule has 1 saturated carbocycles. The van der Waals surface area contributed by atoms with Crippen LogP contribution in [0.25, 0.3) is 0 Å². The lowest BCUT2D eigenvalue weighted by Crippen LogP contribution is -2.44. The molecule has 2 N–H and O–H groups in total. The van der Waals surface area contributed by atoms with Crippen molar-refractivity contribution < 1.29 is 19.1 Å². The normalized spacial score (nSPS) is 21.5. The maximum Gasteiger partial charge on any atom is 0.307 e. The van der Waals surface area contributed by atoms with E-state index in [0.717, 1.165) is 0 Å². The Balaban J connectivity index is 1.79. The monoisotopic (exact) mass is 265 g/mol. The molecule has 0 bridgehead atoms. The predicted octanol–water partition coefficient (Wildman–Crippen LogP) is 1.60. The van der Waals surface area contributed by atoms with Gasteiger partial charge < -0.3 is 10.4 Å². The summed E-state index contributed by atoms with van der Waals surface area (Å²) in [6.07, 6.45) is 1.58. The van der Waals surface area contributed by atoms with Gasteiger partial charge in [0.25, 0.3) is 0 Å². The van der Waals surface area contributed by atoms with Crippen LogP contribution in [0.5, 0.6) is 0 Å². The standard InChI is InChI=1S/C14H16FNO3/c15-12-4-2-1-3-9(12)7-8-16-13(17)10-5-6-11(10)14(18)19/h1-4,10-11H,5-8H2,(H,16,17)(H,18,19). The van der Waals surface area contributed by atoms with Crippen LogP contribution >= 0.6 is 0 Å². The molecule has 5 heteroatoms. The molecular formula is C14H16FNO3. The zero-order valence-electron chi connectivity index (χ0n) is 10.4. The van der Waals surface area contributed by atoms with Crippen LogP contribution < -0.4 is 5.32 Å². The van der Waals surface area contributed by atoms with E-state index in [1.165, 1.54) is 6.07 Å². The molecule has 2 unspecified atom stereocenters. The van der Waals surface area contributed by atoms with Crippen molar-refractivity contribution in [2.24, 2.45) is 11.8 Å². The molecule has 2 atom stereocenters. The molecule has 1 amide bonds. The van der Waals surface area contributed by atoms with Crippen molar-refractivity contribution in [2.45, 2.75) is 19.3 Å². The first-order valence-electron chi connectivity index (χ1n) is 6.33. The first-order valence-corrected chi connectivity index (χ1v) is 6.33. The van der Waals surface area contributed by atoms with Gasteiger partial charge in [-0.1, -0.05) is 18.2 Å². The molecule has 1 aromatic rings. The molecule has 1 aliphatic rings. The third-order valence-corrected chi connectivity index (χ3v) is 3.58. The van der Waals surface area contributed by atoms with Crippen LogP contribution in [-0.2, 0) is 16.0 Å². The summed E-state index contributed by atoms with van der Waals surface area (Å²) in [5, 5.41) is 11.5. The molecule has 19 heavy (non-hydrogen) atoms. The number of rotatable bonds is 5. The summed E-state index contributed by atoms with van der Waals surface area (Å²) in [4.78, 5) is 22.6. The summed E-state index contributed by atoms with van der Waals surface area (Å²) in [5.41, 5.74) is 0.547. The van der Waals surface area contributed by atoms with Crippen LogP contribution in [0.3, 0.4) is 0 Å².